The van der Waals surface area contributed by atoms with E-state index in [9.17, 15) is 14.3 Å². The maximum atomic E-state index is 13.5. The van der Waals surface area contributed by atoms with E-state index >= 15 is 0 Å². The van der Waals surface area contributed by atoms with Gasteiger partial charge < -0.3 is 19.1 Å². The van der Waals surface area contributed by atoms with E-state index in [2.05, 4.69) is 14.5 Å². The van der Waals surface area contributed by atoms with Gasteiger partial charge in [-0.1, -0.05) is 12.1 Å². The molecule has 0 bridgehead atoms. The number of ether oxygens (including phenoxy) is 2. The predicted molar refractivity (Wildman–Crippen MR) is 148 cm³/mol. The van der Waals surface area contributed by atoms with Gasteiger partial charge in [0.1, 0.15) is 18.2 Å². The number of aromatic nitrogens is 3. The molecule has 3 aliphatic rings. The number of hydrogen-bond donors (Lipinski definition) is 1. The van der Waals surface area contributed by atoms with Gasteiger partial charge in [0.05, 0.1) is 47.4 Å². The fourth-order valence-corrected chi connectivity index (χ4v) is 5.40. The summed E-state index contributed by atoms with van der Waals surface area (Å²) >= 11 is 0. The molecule has 2 aliphatic heterocycles. The zero-order valence-electron chi connectivity index (χ0n) is 22.4. The molecule has 2 saturated heterocycles. The lowest BCUT2D eigenvalue weighted by atomic mass is 10.1. The minimum atomic E-state index is -0.897. The van der Waals surface area contributed by atoms with Gasteiger partial charge >= 0.3 is 5.97 Å². The summed E-state index contributed by atoms with van der Waals surface area (Å²) < 4.78 is 26.6. The average molecular weight is 556 g/mol. The summed E-state index contributed by atoms with van der Waals surface area (Å²) in [6, 6.07) is 16.6. The normalized spacial score (nSPS) is 20.8. The van der Waals surface area contributed by atoms with Crippen LogP contribution < -0.4 is 4.74 Å². The highest BCUT2D eigenvalue weighted by Gasteiger charge is 2.45. The molecule has 0 amide bonds. The molecule has 1 aliphatic carbocycles. The van der Waals surface area contributed by atoms with Crippen molar-refractivity contribution in [2.24, 2.45) is 11.8 Å². The largest absolute Gasteiger partial charge is 0.478 e. The summed E-state index contributed by atoms with van der Waals surface area (Å²) in [5.74, 6) is 1.93. The number of rotatable bonds is 8. The lowest BCUT2D eigenvalue weighted by Gasteiger charge is -2.28. The standard InChI is InChI=1S/C18H21N3O3.C13H9FN2O/c22-18(23)11-1-2-15-16(6-11)21(9-14-3-4-24-14)17(19-15)10-20-7-12-5-13(12)8-20;14-12-7-10(8-15)4-5-11(12)9-17-13-3-1-2-6-16-13/h1-2,6,12-14H,3-5,7-10H2,(H,22,23);1-7H,9H2. The van der Waals surface area contributed by atoms with Gasteiger partial charge in [-0.3, -0.25) is 4.90 Å². The predicted octanol–water partition coefficient (Wildman–Crippen LogP) is 4.65. The molecule has 4 aromatic rings. The first-order chi connectivity index (χ1) is 20.0. The molecule has 1 saturated carbocycles. The van der Waals surface area contributed by atoms with E-state index in [1.165, 1.54) is 31.6 Å². The molecular formula is C31H30FN5O4. The van der Waals surface area contributed by atoms with Crippen molar-refractivity contribution >= 4 is 17.0 Å². The molecule has 2 aromatic heterocycles. The Labute approximate surface area is 236 Å². The van der Waals surface area contributed by atoms with Gasteiger partial charge in [-0.2, -0.15) is 5.26 Å². The van der Waals surface area contributed by atoms with Crippen molar-refractivity contribution in [3.63, 3.8) is 0 Å². The summed E-state index contributed by atoms with van der Waals surface area (Å²) in [6.07, 6.45) is 4.28. The molecule has 210 valence electrons. The number of carbonyl (C=O) groups is 1. The number of nitrogens with zero attached hydrogens (tertiary/aromatic N) is 5. The van der Waals surface area contributed by atoms with Crippen molar-refractivity contribution in [2.45, 2.75) is 38.6 Å². The van der Waals surface area contributed by atoms with Crippen LogP contribution in [-0.2, 0) is 24.4 Å². The number of carboxylic acid groups (broad SMARTS) is 1. The Morgan fingerprint density at radius 3 is 2.66 bits per heavy atom. The number of nitriles is 1. The maximum absolute atomic E-state index is 13.5. The van der Waals surface area contributed by atoms with Crippen LogP contribution >= 0.6 is 0 Å². The van der Waals surface area contributed by atoms with Crippen LogP contribution in [0.4, 0.5) is 4.39 Å². The van der Waals surface area contributed by atoms with Gasteiger partial charge in [0.2, 0.25) is 5.88 Å². The third-order valence-electron chi connectivity index (χ3n) is 7.87. The van der Waals surface area contributed by atoms with Crippen LogP contribution in [0.15, 0.2) is 60.8 Å². The zero-order valence-corrected chi connectivity index (χ0v) is 22.4. The van der Waals surface area contributed by atoms with E-state index in [0.717, 1.165) is 54.8 Å². The first kappa shape index (κ1) is 26.9. The molecule has 7 rings (SSSR count). The number of carboxylic acids is 1. The Morgan fingerprint density at radius 2 is 2.00 bits per heavy atom. The summed E-state index contributed by atoms with van der Waals surface area (Å²) in [4.78, 5) is 22.6. The van der Waals surface area contributed by atoms with Crippen molar-refractivity contribution in [1.29, 1.82) is 5.26 Å². The Hall–Kier alpha value is -4.33. The second-order valence-electron chi connectivity index (χ2n) is 10.8. The Kier molecular flexibility index (Phi) is 7.63. The third-order valence-corrected chi connectivity index (χ3v) is 7.87. The molecule has 9 nitrogen and oxygen atoms in total. The van der Waals surface area contributed by atoms with Crippen LogP contribution in [0, 0.1) is 29.0 Å². The van der Waals surface area contributed by atoms with Gasteiger partial charge in [-0.05, 0) is 61.1 Å². The molecule has 2 aromatic carbocycles. The Balaban J connectivity index is 0.000000158. The Bertz CT molecular complexity index is 1590. The van der Waals surface area contributed by atoms with Gasteiger partial charge in [0.25, 0.3) is 0 Å². The highest BCUT2D eigenvalue weighted by atomic mass is 19.1. The molecule has 3 unspecified atom stereocenters. The molecule has 41 heavy (non-hydrogen) atoms. The lowest BCUT2D eigenvalue weighted by Crippen LogP contribution is -2.32. The number of likely N-dealkylation sites (tertiary alicyclic amines) is 1. The van der Waals surface area contributed by atoms with Crippen LogP contribution in [0.1, 0.15) is 40.2 Å². The van der Waals surface area contributed by atoms with Crippen LogP contribution in [-0.4, -0.2) is 56.3 Å². The van der Waals surface area contributed by atoms with Crippen LogP contribution in [0.3, 0.4) is 0 Å². The van der Waals surface area contributed by atoms with E-state index < -0.39 is 11.8 Å². The van der Waals surface area contributed by atoms with E-state index in [0.29, 0.717) is 22.6 Å². The zero-order chi connectivity index (χ0) is 28.3. The number of fused-ring (bicyclic) bond motifs is 2. The fraction of sp³-hybridized carbons (Fsp3) is 0.355. The van der Waals surface area contributed by atoms with Crippen molar-refractivity contribution < 1.29 is 23.8 Å². The SMILES string of the molecule is N#Cc1ccc(COc2ccccn2)c(F)c1.O=C(O)c1ccc2nc(CN3CC4CC4C3)n(CC3CCO3)c2c1. The summed E-state index contributed by atoms with van der Waals surface area (Å²) in [5.41, 5.74) is 2.79. The maximum Gasteiger partial charge on any atom is 0.335 e. The molecule has 10 heteroatoms. The second kappa shape index (κ2) is 11.6. The molecule has 0 spiro atoms. The van der Waals surface area contributed by atoms with Gasteiger partial charge in [0, 0.05) is 37.5 Å². The molecular weight excluding hydrogens is 525 g/mol. The minimum Gasteiger partial charge on any atom is -0.478 e. The first-order valence-corrected chi connectivity index (χ1v) is 13.8. The highest BCUT2D eigenvalue weighted by Crippen LogP contribution is 2.45. The number of benzene rings is 2. The van der Waals surface area contributed by atoms with Crippen molar-refractivity contribution in [3.05, 3.63) is 89.1 Å². The van der Waals surface area contributed by atoms with Crippen molar-refractivity contribution in [2.75, 3.05) is 19.7 Å². The van der Waals surface area contributed by atoms with E-state index in [1.54, 1.807) is 42.6 Å². The van der Waals surface area contributed by atoms with Gasteiger partial charge in [-0.25, -0.2) is 19.2 Å². The average Bonchev–Trinajstić information content (AvgIpc) is 3.42. The van der Waals surface area contributed by atoms with Crippen LogP contribution in [0.2, 0.25) is 0 Å². The summed E-state index contributed by atoms with van der Waals surface area (Å²) in [5, 5.41) is 17.9. The third kappa shape index (κ3) is 6.21. The molecule has 4 heterocycles. The first-order valence-electron chi connectivity index (χ1n) is 13.8. The fourth-order valence-electron chi connectivity index (χ4n) is 5.40. The van der Waals surface area contributed by atoms with Crippen LogP contribution in [0.5, 0.6) is 5.88 Å². The number of pyridine rings is 1. The van der Waals surface area contributed by atoms with Crippen LogP contribution in [0.25, 0.3) is 11.0 Å². The highest BCUT2D eigenvalue weighted by molar-refractivity contribution is 5.92. The monoisotopic (exact) mass is 555 g/mol. The smallest absolute Gasteiger partial charge is 0.335 e. The van der Waals surface area contributed by atoms with E-state index in [1.807, 2.05) is 12.1 Å². The molecule has 1 N–H and O–H groups in total. The van der Waals surface area contributed by atoms with Gasteiger partial charge in [0.15, 0.2) is 0 Å². The number of hydrogen-bond acceptors (Lipinski definition) is 7. The number of halogens is 1. The number of imidazole rings is 1. The van der Waals surface area contributed by atoms with E-state index in [-0.39, 0.29) is 12.7 Å². The number of piperidine rings is 1. The van der Waals surface area contributed by atoms with Crippen molar-refractivity contribution in [3.8, 4) is 11.9 Å². The van der Waals surface area contributed by atoms with E-state index in [4.69, 9.17) is 19.7 Å². The Morgan fingerprint density at radius 1 is 1.17 bits per heavy atom. The molecule has 3 fully saturated rings. The second-order valence-corrected chi connectivity index (χ2v) is 10.8. The summed E-state index contributed by atoms with van der Waals surface area (Å²) in [7, 11) is 0. The minimum absolute atomic E-state index is 0.0918. The quantitative estimate of drug-likeness (QED) is 0.334. The molecule has 0 radical (unpaired) electrons. The van der Waals surface area contributed by atoms with Crippen molar-refractivity contribution in [1.82, 2.24) is 19.4 Å². The topological polar surface area (TPSA) is 113 Å². The molecule has 3 atom stereocenters. The van der Waals surface area contributed by atoms with Gasteiger partial charge in [-0.15, -0.1) is 0 Å². The number of aromatic carboxylic acids is 1. The summed E-state index contributed by atoms with van der Waals surface area (Å²) in [6.45, 7) is 4.87. The lowest BCUT2D eigenvalue weighted by molar-refractivity contribution is -0.0591.